The summed E-state index contributed by atoms with van der Waals surface area (Å²) in [5.41, 5.74) is 2.92. The average molecular weight is 544 g/mol. The first-order valence-electron chi connectivity index (χ1n) is 10.5. The molecule has 0 unspecified atom stereocenters. The van der Waals surface area contributed by atoms with Gasteiger partial charge < -0.3 is 0 Å². The fourth-order valence-corrected chi connectivity index (χ4v) is 6.58. The maximum atomic E-state index is 3.74. The smallest absolute Gasteiger partial charge is 0.0736 e. The molecule has 0 amide bonds. The molecule has 2 aromatic heterocycles. The number of halogens is 2. The second-order valence-electron chi connectivity index (χ2n) is 7.23. The Bertz CT molecular complexity index is 688. The Morgan fingerprint density at radius 1 is 0.679 bits per heavy atom. The molecule has 0 N–H and O–H groups in total. The molecule has 0 aliphatic carbocycles. The van der Waals surface area contributed by atoms with Crippen molar-refractivity contribution in [1.29, 1.82) is 0 Å². The maximum Gasteiger partial charge on any atom is 0.0736 e. The molecular formula is C24H32Br2S2. The van der Waals surface area contributed by atoms with Crippen LogP contribution in [0.1, 0.15) is 86.1 Å². The van der Waals surface area contributed by atoms with Crippen LogP contribution in [0, 0.1) is 0 Å². The fraction of sp³-hybridized carbons (Fsp3) is 0.500. The molecule has 0 aliphatic rings. The SMILES string of the molecule is CCCCCCc1cc(/C=C/C=C/c2cc(CCCCCC)c(Br)s2)sc1Br. The molecule has 0 spiro atoms. The van der Waals surface area contributed by atoms with Gasteiger partial charge in [-0.2, -0.15) is 0 Å². The van der Waals surface area contributed by atoms with Crippen molar-refractivity contribution in [2.45, 2.75) is 78.1 Å². The van der Waals surface area contributed by atoms with Gasteiger partial charge in [-0.15, -0.1) is 22.7 Å². The molecular weight excluding hydrogens is 512 g/mol. The number of hydrogen-bond acceptors (Lipinski definition) is 2. The number of aryl methyl sites for hydroxylation is 2. The zero-order valence-electron chi connectivity index (χ0n) is 17.1. The van der Waals surface area contributed by atoms with Crippen LogP contribution in [-0.4, -0.2) is 0 Å². The van der Waals surface area contributed by atoms with E-state index in [-0.39, 0.29) is 0 Å². The van der Waals surface area contributed by atoms with E-state index >= 15 is 0 Å². The molecule has 0 fully saturated rings. The molecule has 0 aromatic carbocycles. The third-order valence-corrected chi connectivity index (χ3v) is 8.64. The Morgan fingerprint density at radius 2 is 1.11 bits per heavy atom. The van der Waals surface area contributed by atoms with Crippen LogP contribution < -0.4 is 0 Å². The summed E-state index contributed by atoms with van der Waals surface area (Å²) in [6.07, 6.45) is 21.7. The summed E-state index contributed by atoms with van der Waals surface area (Å²) in [4.78, 5) is 2.65. The van der Waals surface area contributed by atoms with Crippen LogP contribution in [0.3, 0.4) is 0 Å². The van der Waals surface area contributed by atoms with E-state index in [0.717, 1.165) is 0 Å². The Kier molecular flexibility index (Phi) is 12.0. The van der Waals surface area contributed by atoms with Gasteiger partial charge in [0, 0.05) is 9.75 Å². The first kappa shape index (κ1) is 24.1. The van der Waals surface area contributed by atoms with E-state index in [9.17, 15) is 0 Å². The van der Waals surface area contributed by atoms with Crippen molar-refractivity contribution >= 4 is 66.7 Å². The number of allylic oxidation sites excluding steroid dienone is 2. The highest BCUT2D eigenvalue weighted by atomic mass is 79.9. The van der Waals surface area contributed by atoms with Crippen LogP contribution >= 0.6 is 54.5 Å². The second-order valence-corrected chi connectivity index (χ2v) is 12.0. The lowest BCUT2D eigenvalue weighted by atomic mass is 10.1. The van der Waals surface area contributed by atoms with Crippen molar-refractivity contribution in [3.63, 3.8) is 0 Å². The molecule has 2 aromatic rings. The Morgan fingerprint density at radius 3 is 1.50 bits per heavy atom. The van der Waals surface area contributed by atoms with Crippen LogP contribution in [0.25, 0.3) is 12.2 Å². The second kappa shape index (κ2) is 14.0. The van der Waals surface area contributed by atoms with Gasteiger partial charge in [0.1, 0.15) is 0 Å². The van der Waals surface area contributed by atoms with Crippen LogP contribution in [0.5, 0.6) is 0 Å². The van der Waals surface area contributed by atoms with Crippen LogP contribution in [0.15, 0.2) is 31.9 Å². The number of unbranched alkanes of at least 4 members (excludes halogenated alkanes) is 6. The lowest BCUT2D eigenvalue weighted by Gasteiger charge is -1.98. The minimum absolute atomic E-state index is 1.19. The largest absolute Gasteiger partial charge is 0.129 e. The van der Waals surface area contributed by atoms with Crippen LogP contribution in [0.4, 0.5) is 0 Å². The molecule has 0 bridgehead atoms. The molecule has 28 heavy (non-hydrogen) atoms. The van der Waals surface area contributed by atoms with Crippen molar-refractivity contribution in [1.82, 2.24) is 0 Å². The molecule has 0 aliphatic heterocycles. The minimum Gasteiger partial charge on any atom is -0.129 e. The van der Waals surface area contributed by atoms with E-state index < -0.39 is 0 Å². The van der Waals surface area contributed by atoms with Gasteiger partial charge in [-0.25, -0.2) is 0 Å². The average Bonchev–Trinajstić information content (AvgIpc) is 3.21. The number of hydrogen-bond donors (Lipinski definition) is 0. The monoisotopic (exact) mass is 542 g/mol. The molecule has 154 valence electrons. The quantitative estimate of drug-likeness (QED) is 0.174. The van der Waals surface area contributed by atoms with Crippen molar-refractivity contribution in [2.75, 3.05) is 0 Å². The summed E-state index contributed by atoms with van der Waals surface area (Å²) >= 11 is 11.1. The Labute approximate surface area is 196 Å². The third-order valence-electron chi connectivity index (χ3n) is 4.78. The van der Waals surface area contributed by atoms with Gasteiger partial charge in [0.25, 0.3) is 0 Å². The van der Waals surface area contributed by atoms with Gasteiger partial charge in [0.05, 0.1) is 7.57 Å². The van der Waals surface area contributed by atoms with Gasteiger partial charge in [-0.05, 0) is 93.0 Å². The predicted octanol–water partition coefficient (Wildman–Crippen LogP) is 10.3. The van der Waals surface area contributed by atoms with E-state index in [0.29, 0.717) is 0 Å². The highest BCUT2D eigenvalue weighted by molar-refractivity contribution is 9.11. The Hall–Kier alpha value is -0.160. The van der Waals surface area contributed by atoms with E-state index in [1.54, 1.807) is 0 Å². The van der Waals surface area contributed by atoms with E-state index in [4.69, 9.17) is 0 Å². The fourth-order valence-electron chi connectivity index (χ4n) is 3.14. The summed E-state index contributed by atoms with van der Waals surface area (Å²) in [5, 5.41) is 0. The van der Waals surface area contributed by atoms with E-state index in [1.165, 1.54) is 92.7 Å². The predicted molar refractivity (Wildman–Crippen MR) is 138 cm³/mol. The summed E-state index contributed by atoms with van der Waals surface area (Å²) < 4.78 is 2.59. The lowest BCUT2D eigenvalue weighted by molar-refractivity contribution is 0.667. The van der Waals surface area contributed by atoms with E-state index in [2.05, 4.69) is 82.1 Å². The molecule has 2 heterocycles. The first-order chi connectivity index (χ1) is 13.6. The van der Waals surface area contributed by atoms with Gasteiger partial charge in [-0.3, -0.25) is 0 Å². The molecule has 2 rings (SSSR count). The van der Waals surface area contributed by atoms with Gasteiger partial charge in [0.2, 0.25) is 0 Å². The van der Waals surface area contributed by atoms with Gasteiger partial charge in [-0.1, -0.05) is 64.5 Å². The topological polar surface area (TPSA) is 0 Å². The van der Waals surface area contributed by atoms with Crippen molar-refractivity contribution in [3.05, 3.63) is 52.7 Å². The number of thiophene rings is 2. The van der Waals surface area contributed by atoms with Gasteiger partial charge in [0.15, 0.2) is 0 Å². The Balaban J connectivity index is 1.84. The summed E-state index contributed by atoms with van der Waals surface area (Å²) in [7, 11) is 0. The minimum atomic E-state index is 1.19. The summed E-state index contributed by atoms with van der Waals surface area (Å²) in [5.74, 6) is 0. The molecule has 0 nitrogen and oxygen atoms in total. The summed E-state index contributed by atoms with van der Waals surface area (Å²) in [6, 6.07) is 4.67. The number of rotatable bonds is 13. The van der Waals surface area contributed by atoms with Crippen LogP contribution in [-0.2, 0) is 12.8 Å². The molecule has 0 atom stereocenters. The first-order valence-corrected chi connectivity index (χ1v) is 13.8. The van der Waals surface area contributed by atoms with Gasteiger partial charge >= 0.3 is 0 Å². The molecule has 0 saturated heterocycles. The molecule has 0 saturated carbocycles. The maximum absolute atomic E-state index is 3.74. The highest BCUT2D eigenvalue weighted by Crippen LogP contribution is 2.32. The highest BCUT2D eigenvalue weighted by Gasteiger charge is 2.06. The third kappa shape index (κ3) is 8.69. The molecule has 0 radical (unpaired) electrons. The zero-order valence-corrected chi connectivity index (χ0v) is 21.9. The standard InChI is InChI=1S/C24H32Br2S2/c1-3-5-7-9-13-19-17-21(27-23(19)25)15-11-12-16-22-18-20(24(26)28-22)14-10-8-6-4-2/h11-12,15-18H,3-10,13-14H2,1-2H3/b15-11+,16-12+. The molecule has 4 heteroatoms. The zero-order chi connectivity index (χ0) is 20.2. The normalized spacial score (nSPS) is 12.0. The van der Waals surface area contributed by atoms with Crippen LogP contribution in [0.2, 0.25) is 0 Å². The van der Waals surface area contributed by atoms with Crippen molar-refractivity contribution in [2.24, 2.45) is 0 Å². The lowest BCUT2D eigenvalue weighted by Crippen LogP contribution is -1.83. The van der Waals surface area contributed by atoms with Crippen molar-refractivity contribution in [3.8, 4) is 0 Å². The van der Waals surface area contributed by atoms with Crippen molar-refractivity contribution < 1.29 is 0 Å². The summed E-state index contributed by atoms with van der Waals surface area (Å²) in [6.45, 7) is 4.53. The van der Waals surface area contributed by atoms with E-state index in [1.807, 2.05) is 22.7 Å².